The number of hydrogen-bond acceptors (Lipinski definition) is 1. The molecular weight excluding hydrogens is 266 g/mol. The van der Waals surface area contributed by atoms with Gasteiger partial charge in [0.15, 0.2) is 0 Å². The van der Waals surface area contributed by atoms with Crippen molar-refractivity contribution >= 4 is 21.8 Å². The third-order valence-corrected chi connectivity index (χ3v) is 4.23. The summed E-state index contributed by atoms with van der Waals surface area (Å²) < 4.78 is 1.07. The summed E-state index contributed by atoms with van der Waals surface area (Å²) in [6, 6.07) is 8.21. The number of carbonyl (C=O) groups excluding carboxylic acids is 1. The van der Waals surface area contributed by atoms with Gasteiger partial charge in [-0.15, -0.1) is 0 Å². The molecule has 0 unspecified atom stereocenters. The van der Waals surface area contributed by atoms with Crippen LogP contribution in [0.3, 0.4) is 0 Å². The highest BCUT2D eigenvalue weighted by Gasteiger charge is 2.53. The summed E-state index contributed by atoms with van der Waals surface area (Å²) in [5.41, 5.74) is 1.02. The minimum absolute atomic E-state index is 0.166. The van der Waals surface area contributed by atoms with Crippen molar-refractivity contribution in [3.63, 3.8) is 0 Å². The van der Waals surface area contributed by atoms with Gasteiger partial charge in [0.2, 0.25) is 5.91 Å². The van der Waals surface area contributed by atoms with Crippen LogP contribution in [-0.2, 0) is 10.2 Å². The van der Waals surface area contributed by atoms with Crippen LogP contribution in [0.15, 0.2) is 28.7 Å². The molecule has 0 atom stereocenters. The van der Waals surface area contributed by atoms with Crippen molar-refractivity contribution in [1.82, 2.24) is 4.90 Å². The topological polar surface area (TPSA) is 20.3 Å². The lowest BCUT2D eigenvalue weighted by Crippen LogP contribution is -2.47. The quantitative estimate of drug-likeness (QED) is 0.815. The molecule has 1 amide bonds. The smallest absolute Gasteiger partial charge is 0.233 e. The molecule has 0 bridgehead atoms. The predicted molar refractivity (Wildman–Crippen MR) is 66.3 cm³/mol. The molecule has 1 aliphatic carbocycles. The Bertz CT molecular complexity index is 418. The van der Waals surface area contributed by atoms with Gasteiger partial charge in [-0.2, -0.15) is 0 Å². The van der Waals surface area contributed by atoms with E-state index in [1.165, 1.54) is 12.0 Å². The zero-order valence-corrected chi connectivity index (χ0v) is 10.7. The van der Waals surface area contributed by atoms with E-state index >= 15 is 0 Å². The monoisotopic (exact) mass is 279 g/mol. The first-order valence-electron chi connectivity index (χ1n) is 5.78. The molecule has 84 valence electrons. The Morgan fingerprint density at radius 3 is 2.25 bits per heavy atom. The lowest BCUT2D eigenvalue weighted by atomic mass is 9.93. The van der Waals surface area contributed by atoms with Crippen LogP contribution in [0, 0.1) is 0 Å². The molecule has 0 radical (unpaired) electrons. The molecule has 1 aromatic carbocycles. The third kappa shape index (κ3) is 1.49. The van der Waals surface area contributed by atoms with E-state index in [4.69, 9.17) is 0 Å². The van der Waals surface area contributed by atoms with Crippen LogP contribution in [0.5, 0.6) is 0 Å². The van der Waals surface area contributed by atoms with E-state index in [2.05, 4.69) is 28.1 Å². The zero-order valence-electron chi connectivity index (χ0n) is 9.08. The maximum atomic E-state index is 12.3. The van der Waals surface area contributed by atoms with Gasteiger partial charge in [-0.1, -0.05) is 28.1 Å². The third-order valence-electron chi connectivity index (χ3n) is 3.70. The van der Waals surface area contributed by atoms with E-state index in [0.717, 1.165) is 30.4 Å². The SMILES string of the molecule is O=C(N1CCC1)C1(c2ccc(Br)cc2)CC1. The Morgan fingerprint density at radius 2 is 1.81 bits per heavy atom. The Labute approximate surface area is 104 Å². The van der Waals surface area contributed by atoms with Crippen molar-refractivity contribution in [1.29, 1.82) is 0 Å². The highest BCUT2D eigenvalue weighted by Crippen LogP contribution is 2.50. The molecular formula is C13H14BrNO. The summed E-state index contributed by atoms with van der Waals surface area (Å²) in [5, 5.41) is 0. The van der Waals surface area contributed by atoms with E-state index in [9.17, 15) is 4.79 Å². The first-order valence-corrected chi connectivity index (χ1v) is 6.57. The highest BCUT2D eigenvalue weighted by molar-refractivity contribution is 9.10. The van der Waals surface area contributed by atoms with Crippen molar-refractivity contribution in [2.75, 3.05) is 13.1 Å². The van der Waals surface area contributed by atoms with Gasteiger partial charge in [0.05, 0.1) is 5.41 Å². The second-order valence-electron chi connectivity index (χ2n) is 4.73. The Kier molecular flexibility index (Phi) is 2.32. The Morgan fingerprint density at radius 1 is 1.19 bits per heavy atom. The Balaban J connectivity index is 1.87. The number of nitrogens with zero attached hydrogens (tertiary/aromatic N) is 1. The number of likely N-dealkylation sites (tertiary alicyclic amines) is 1. The standard InChI is InChI=1S/C13H14BrNO/c14-11-4-2-10(3-5-11)13(6-7-13)12(16)15-8-1-9-15/h2-5H,1,6-9H2. The molecule has 0 aromatic heterocycles. The van der Waals surface area contributed by atoms with Crippen molar-refractivity contribution in [2.45, 2.75) is 24.7 Å². The lowest BCUT2D eigenvalue weighted by Gasteiger charge is -2.34. The molecule has 1 aliphatic heterocycles. The molecule has 0 spiro atoms. The fourth-order valence-corrected chi connectivity index (χ4v) is 2.61. The van der Waals surface area contributed by atoms with Gasteiger partial charge < -0.3 is 4.90 Å². The van der Waals surface area contributed by atoms with Gasteiger partial charge in [-0.05, 0) is 37.0 Å². The van der Waals surface area contributed by atoms with E-state index in [1.807, 2.05) is 17.0 Å². The minimum atomic E-state index is -0.166. The molecule has 1 saturated carbocycles. The second kappa shape index (κ2) is 3.59. The molecule has 3 heteroatoms. The van der Waals surface area contributed by atoms with Gasteiger partial charge in [-0.25, -0.2) is 0 Å². The van der Waals surface area contributed by atoms with Crippen LogP contribution < -0.4 is 0 Å². The van der Waals surface area contributed by atoms with Gasteiger partial charge in [-0.3, -0.25) is 4.79 Å². The average molecular weight is 280 g/mol. The van der Waals surface area contributed by atoms with Crippen molar-refractivity contribution in [3.05, 3.63) is 34.3 Å². The van der Waals surface area contributed by atoms with Gasteiger partial charge >= 0.3 is 0 Å². The molecule has 1 heterocycles. The van der Waals surface area contributed by atoms with Crippen LogP contribution in [-0.4, -0.2) is 23.9 Å². The number of benzene rings is 1. The van der Waals surface area contributed by atoms with Crippen molar-refractivity contribution in [2.24, 2.45) is 0 Å². The maximum Gasteiger partial charge on any atom is 0.233 e. The average Bonchev–Trinajstić information content (AvgIpc) is 2.97. The van der Waals surface area contributed by atoms with Gasteiger partial charge in [0, 0.05) is 17.6 Å². The summed E-state index contributed by atoms with van der Waals surface area (Å²) in [7, 11) is 0. The van der Waals surface area contributed by atoms with Gasteiger partial charge in [0.1, 0.15) is 0 Å². The van der Waals surface area contributed by atoms with Crippen LogP contribution in [0.4, 0.5) is 0 Å². The summed E-state index contributed by atoms with van der Waals surface area (Å²) in [4.78, 5) is 14.3. The van der Waals surface area contributed by atoms with E-state index < -0.39 is 0 Å². The molecule has 1 aromatic rings. The number of amides is 1. The minimum Gasteiger partial charge on any atom is -0.342 e. The van der Waals surface area contributed by atoms with Crippen molar-refractivity contribution < 1.29 is 4.79 Å². The van der Waals surface area contributed by atoms with Crippen LogP contribution in [0.1, 0.15) is 24.8 Å². The highest BCUT2D eigenvalue weighted by atomic mass is 79.9. The summed E-state index contributed by atoms with van der Waals surface area (Å²) >= 11 is 3.43. The molecule has 2 nitrogen and oxygen atoms in total. The Hall–Kier alpha value is -0.830. The number of rotatable bonds is 2. The predicted octanol–water partition coefficient (Wildman–Crippen LogP) is 2.71. The van der Waals surface area contributed by atoms with Crippen LogP contribution in [0.25, 0.3) is 0 Å². The normalized spacial score (nSPS) is 21.4. The first-order chi connectivity index (χ1) is 7.72. The number of hydrogen-bond donors (Lipinski definition) is 0. The zero-order chi connectivity index (χ0) is 11.2. The van der Waals surface area contributed by atoms with E-state index in [1.54, 1.807) is 0 Å². The summed E-state index contributed by atoms with van der Waals surface area (Å²) in [6.45, 7) is 1.91. The largest absolute Gasteiger partial charge is 0.342 e. The van der Waals surface area contributed by atoms with Crippen LogP contribution in [0.2, 0.25) is 0 Å². The lowest BCUT2D eigenvalue weighted by molar-refractivity contribution is -0.137. The van der Waals surface area contributed by atoms with Crippen molar-refractivity contribution in [3.8, 4) is 0 Å². The molecule has 0 N–H and O–H groups in total. The van der Waals surface area contributed by atoms with Crippen LogP contribution >= 0.6 is 15.9 Å². The van der Waals surface area contributed by atoms with E-state index in [0.29, 0.717) is 5.91 Å². The summed E-state index contributed by atoms with van der Waals surface area (Å²) in [5.74, 6) is 0.348. The molecule has 2 aliphatic rings. The fraction of sp³-hybridized carbons (Fsp3) is 0.462. The molecule has 2 fully saturated rings. The number of carbonyl (C=O) groups is 1. The summed E-state index contributed by atoms with van der Waals surface area (Å²) in [6.07, 6.45) is 3.20. The van der Waals surface area contributed by atoms with Gasteiger partial charge in [0.25, 0.3) is 0 Å². The molecule has 3 rings (SSSR count). The molecule has 16 heavy (non-hydrogen) atoms. The fourth-order valence-electron chi connectivity index (χ4n) is 2.34. The maximum absolute atomic E-state index is 12.3. The second-order valence-corrected chi connectivity index (χ2v) is 5.65. The first kappa shape index (κ1) is 10.3. The molecule has 1 saturated heterocycles. The number of halogens is 1. The van der Waals surface area contributed by atoms with E-state index in [-0.39, 0.29) is 5.41 Å².